The fraction of sp³-hybridized carbons (Fsp3) is 0.455. The van der Waals surface area contributed by atoms with Crippen molar-refractivity contribution in [3.8, 4) is 0 Å². The van der Waals surface area contributed by atoms with Gasteiger partial charge in [-0.1, -0.05) is 0 Å². The first-order valence-corrected chi connectivity index (χ1v) is 6.78. The summed E-state index contributed by atoms with van der Waals surface area (Å²) in [7, 11) is 0. The number of nitrogens with zero attached hydrogens (tertiary/aromatic N) is 3. The monoisotopic (exact) mass is 309 g/mol. The third kappa shape index (κ3) is 3.27. The number of hydrogen-bond donors (Lipinski definition) is 0. The molecule has 0 spiro atoms. The summed E-state index contributed by atoms with van der Waals surface area (Å²) in [5.41, 5.74) is 0. The average Bonchev–Trinajstić information content (AvgIpc) is 2.71. The van der Waals surface area contributed by atoms with Gasteiger partial charge in [0.25, 0.3) is 0 Å². The molecule has 0 aliphatic carbocycles. The lowest BCUT2D eigenvalue weighted by molar-refractivity contribution is -0.120. The first-order chi connectivity index (χ1) is 8.78. The largest absolute Gasteiger partial charge is 0.405 e. The summed E-state index contributed by atoms with van der Waals surface area (Å²) < 4.78 is 38.0. The first kappa shape index (κ1) is 14.3. The lowest BCUT2D eigenvalue weighted by Gasteiger charge is -2.29. The molecule has 0 aliphatic heterocycles. The lowest BCUT2D eigenvalue weighted by atomic mass is 10.2. The number of rotatable bonds is 3. The van der Waals surface area contributed by atoms with Crippen LogP contribution >= 0.6 is 22.9 Å². The van der Waals surface area contributed by atoms with E-state index in [1.54, 1.807) is 25.3 Å². The van der Waals surface area contributed by atoms with E-state index in [4.69, 9.17) is 11.6 Å². The molecule has 19 heavy (non-hydrogen) atoms. The van der Waals surface area contributed by atoms with Gasteiger partial charge in [-0.05, 0) is 36.9 Å². The molecular formula is C11H11ClF3N3S. The van der Waals surface area contributed by atoms with Crippen LogP contribution in [0.5, 0.6) is 0 Å². The van der Waals surface area contributed by atoms with E-state index in [0.29, 0.717) is 10.2 Å². The Kier molecular flexibility index (Phi) is 3.87. The van der Waals surface area contributed by atoms with Gasteiger partial charge in [-0.25, -0.2) is 4.98 Å². The Bertz CT molecular complexity index is 582. The average molecular weight is 310 g/mol. The van der Waals surface area contributed by atoms with Gasteiger partial charge in [0.2, 0.25) is 5.28 Å². The predicted molar refractivity (Wildman–Crippen MR) is 71.0 cm³/mol. The number of aromatic nitrogens is 2. The zero-order valence-electron chi connectivity index (χ0n) is 10.2. The van der Waals surface area contributed by atoms with Gasteiger partial charge >= 0.3 is 6.18 Å². The van der Waals surface area contributed by atoms with Crippen LogP contribution in [0.1, 0.15) is 13.8 Å². The molecule has 0 saturated heterocycles. The second kappa shape index (κ2) is 5.13. The maximum absolute atomic E-state index is 12.7. The summed E-state index contributed by atoms with van der Waals surface area (Å²) in [5, 5.41) is 2.30. The number of hydrogen-bond acceptors (Lipinski definition) is 4. The Morgan fingerprint density at radius 3 is 2.63 bits per heavy atom. The van der Waals surface area contributed by atoms with Crippen LogP contribution in [-0.4, -0.2) is 28.7 Å². The number of halogens is 4. The highest BCUT2D eigenvalue weighted by atomic mass is 35.5. The summed E-state index contributed by atoms with van der Waals surface area (Å²) in [6, 6.07) is 1.35. The molecule has 0 bridgehead atoms. The van der Waals surface area contributed by atoms with Crippen molar-refractivity contribution in [1.29, 1.82) is 0 Å². The van der Waals surface area contributed by atoms with Crippen molar-refractivity contribution in [2.24, 2.45) is 0 Å². The highest BCUT2D eigenvalue weighted by Gasteiger charge is 2.33. The molecule has 0 N–H and O–H groups in total. The molecule has 0 saturated carbocycles. The van der Waals surface area contributed by atoms with Gasteiger partial charge in [0, 0.05) is 6.04 Å². The van der Waals surface area contributed by atoms with Crippen molar-refractivity contribution >= 4 is 39.0 Å². The molecule has 0 amide bonds. The van der Waals surface area contributed by atoms with E-state index in [2.05, 4.69) is 9.97 Å². The number of alkyl halides is 3. The SMILES string of the molecule is CC(C)N(CC(F)(F)F)c1nc(Cl)nc2sccc12. The molecule has 3 nitrogen and oxygen atoms in total. The molecule has 2 rings (SSSR count). The third-order valence-electron chi connectivity index (χ3n) is 2.52. The Morgan fingerprint density at radius 2 is 2.05 bits per heavy atom. The van der Waals surface area contributed by atoms with Gasteiger partial charge in [-0.3, -0.25) is 0 Å². The van der Waals surface area contributed by atoms with Crippen molar-refractivity contribution in [3.05, 3.63) is 16.7 Å². The Labute approximate surface area is 117 Å². The molecule has 104 valence electrons. The highest BCUT2D eigenvalue weighted by molar-refractivity contribution is 7.16. The van der Waals surface area contributed by atoms with Gasteiger partial charge in [0.05, 0.1) is 5.39 Å². The van der Waals surface area contributed by atoms with Crippen LogP contribution in [0.3, 0.4) is 0 Å². The molecule has 0 aromatic carbocycles. The summed E-state index contributed by atoms with van der Waals surface area (Å²) in [4.78, 5) is 9.73. The standard InChI is InChI=1S/C11H11ClF3N3S/c1-6(2)18(5-11(13,14)15)8-7-3-4-19-9(7)17-10(12)16-8/h3-4,6H,5H2,1-2H3. The van der Waals surface area contributed by atoms with E-state index in [0.717, 1.165) is 0 Å². The van der Waals surface area contributed by atoms with Gasteiger partial charge in [-0.15, -0.1) is 11.3 Å². The maximum Gasteiger partial charge on any atom is 0.405 e. The van der Waals surface area contributed by atoms with E-state index in [1.807, 2.05) is 0 Å². The Morgan fingerprint density at radius 1 is 1.37 bits per heavy atom. The van der Waals surface area contributed by atoms with Gasteiger partial charge in [-0.2, -0.15) is 18.2 Å². The molecule has 2 aromatic heterocycles. The first-order valence-electron chi connectivity index (χ1n) is 5.52. The molecule has 0 radical (unpaired) electrons. The minimum atomic E-state index is -4.30. The van der Waals surface area contributed by atoms with Gasteiger partial charge in [0.1, 0.15) is 17.2 Å². The maximum atomic E-state index is 12.7. The molecule has 0 atom stereocenters. The summed E-state index contributed by atoms with van der Waals surface area (Å²) in [6.45, 7) is 2.29. The normalized spacial score (nSPS) is 12.4. The molecule has 0 fully saturated rings. The smallest absolute Gasteiger partial charge is 0.344 e. The van der Waals surface area contributed by atoms with E-state index >= 15 is 0 Å². The van der Waals surface area contributed by atoms with E-state index < -0.39 is 12.7 Å². The van der Waals surface area contributed by atoms with E-state index in [1.165, 1.54) is 16.2 Å². The van der Waals surface area contributed by atoms with Crippen molar-refractivity contribution < 1.29 is 13.2 Å². The number of anilines is 1. The van der Waals surface area contributed by atoms with Gasteiger partial charge in [0.15, 0.2) is 0 Å². The van der Waals surface area contributed by atoms with Crippen LogP contribution in [0.4, 0.5) is 19.0 Å². The van der Waals surface area contributed by atoms with E-state index in [9.17, 15) is 13.2 Å². The van der Waals surface area contributed by atoms with Crippen LogP contribution in [0, 0.1) is 0 Å². The second-order valence-corrected chi connectivity index (χ2v) is 5.53. The summed E-state index contributed by atoms with van der Waals surface area (Å²) in [5.74, 6) is 0.226. The molecule has 2 heterocycles. The van der Waals surface area contributed by atoms with Gasteiger partial charge < -0.3 is 4.90 Å². The number of fused-ring (bicyclic) bond motifs is 1. The minimum Gasteiger partial charge on any atom is -0.344 e. The van der Waals surface area contributed by atoms with Crippen molar-refractivity contribution in [3.63, 3.8) is 0 Å². The zero-order chi connectivity index (χ0) is 14.2. The fourth-order valence-corrected chi connectivity index (χ4v) is 2.70. The summed E-state index contributed by atoms with van der Waals surface area (Å²) in [6.07, 6.45) is -4.30. The second-order valence-electron chi connectivity index (χ2n) is 4.29. The quantitative estimate of drug-likeness (QED) is 0.799. The van der Waals surface area contributed by atoms with Crippen LogP contribution in [0.25, 0.3) is 10.2 Å². The van der Waals surface area contributed by atoms with Crippen LogP contribution in [-0.2, 0) is 0 Å². The molecular weight excluding hydrogens is 299 g/mol. The molecule has 0 unspecified atom stereocenters. The summed E-state index contributed by atoms with van der Waals surface area (Å²) >= 11 is 7.10. The van der Waals surface area contributed by atoms with Crippen LogP contribution in [0.15, 0.2) is 11.4 Å². The Hall–Kier alpha value is -1.08. The molecule has 8 heteroatoms. The molecule has 2 aromatic rings. The van der Waals surface area contributed by atoms with Crippen LogP contribution < -0.4 is 4.90 Å². The lowest BCUT2D eigenvalue weighted by Crippen LogP contribution is -2.39. The Balaban J connectivity index is 2.52. The minimum absolute atomic E-state index is 0.0437. The highest BCUT2D eigenvalue weighted by Crippen LogP contribution is 2.32. The predicted octanol–water partition coefficient (Wildman–Crippen LogP) is 4.12. The number of thiophene rings is 1. The van der Waals surface area contributed by atoms with Crippen molar-refractivity contribution in [1.82, 2.24) is 9.97 Å². The zero-order valence-corrected chi connectivity index (χ0v) is 11.8. The topological polar surface area (TPSA) is 29.0 Å². The van der Waals surface area contributed by atoms with Crippen molar-refractivity contribution in [2.45, 2.75) is 26.1 Å². The third-order valence-corrected chi connectivity index (χ3v) is 3.50. The van der Waals surface area contributed by atoms with Crippen molar-refractivity contribution in [2.75, 3.05) is 11.4 Å². The molecule has 0 aliphatic rings. The van der Waals surface area contributed by atoms with E-state index in [-0.39, 0.29) is 17.1 Å². The van der Waals surface area contributed by atoms with Crippen LogP contribution in [0.2, 0.25) is 5.28 Å². The fourth-order valence-electron chi connectivity index (χ4n) is 1.73.